The second-order valence-corrected chi connectivity index (χ2v) is 5.31. The second-order valence-electron chi connectivity index (χ2n) is 5.31. The molecule has 6 heteroatoms. The van der Waals surface area contributed by atoms with Gasteiger partial charge in [0.15, 0.2) is 5.60 Å². The van der Waals surface area contributed by atoms with Crippen molar-refractivity contribution in [2.45, 2.75) is 19.4 Å². The highest BCUT2D eigenvalue weighted by Crippen LogP contribution is 2.15. The Morgan fingerprint density at radius 2 is 2.05 bits per heavy atom. The predicted molar refractivity (Wildman–Crippen MR) is 81.5 cm³/mol. The normalized spacial score (nSPS) is 13.5. The Bertz CT molecular complexity index is 725. The number of nitrogens with one attached hydrogen (secondary N) is 1. The van der Waals surface area contributed by atoms with E-state index in [1.807, 2.05) is 19.1 Å². The number of esters is 1. The summed E-state index contributed by atoms with van der Waals surface area (Å²) in [6, 6.07) is 8.88. The Morgan fingerprint density at radius 3 is 2.73 bits per heavy atom. The number of amides is 1. The maximum absolute atomic E-state index is 12.1. The van der Waals surface area contributed by atoms with Crippen LogP contribution >= 0.6 is 0 Å². The molecule has 2 aromatic rings. The third-order valence-electron chi connectivity index (χ3n) is 3.31. The van der Waals surface area contributed by atoms with Gasteiger partial charge in [-0.05, 0) is 38.1 Å². The van der Waals surface area contributed by atoms with Crippen LogP contribution in [0.5, 0.6) is 0 Å². The zero-order valence-corrected chi connectivity index (χ0v) is 12.7. The van der Waals surface area contributed by atoms with Crippen LogP contribution in [-0.4, -0.2) is 41.2 Å². The summed E-state index contributed by atoms with van der Waals surface area (Å²) in [5.41, 5.74) is 0.371. The molecule has 22 heavy (non-hydrogen) atoms. The van der Waals surface area contributed by atoms with Crippen LogP contribution in [0.15, 0.2) is 30.3 Å². The van der Waals surface area contributed by atoms with Crippen molar-refractivity contribution in [1.82, 2.24) is 10.3 Å². The summed E-state index contributed by atoms with van der Waals surface area (Å²) in [7, 11) is 1.18. The third kappa shape index (κ3) is 3.40. The molecule has 1 aromatic carbocycles. The van der Waals surface area contributed by atoms with Crippen LogP contribution in [-0.2, 0) is 9.53 Å². The van der Waals surface area contributed by atoms with Crippen LogP contribution in [0.25, 0.3) is 10.9 Å². The third-order valence-corrected chi connectivity index (χ3v) is 3.31. The Hall–Kier alpha value is -2.47. The summed E-state index contributed by atoms with van der Waals surface area (Å²) >= 11 is 0. The van der Waals surface area contributed by atoms with Gasteiger partial charge in [-0.2, -0.15) is 0 Å². The first-order valence-corrected chi connectivity index (χ1v) is 6.80. The number of carbonyl (C=O) groups excluding carboxylic acids is 2. The van der Waals surface area contributed by atoms with Crippen molar-refractivity contribution >= 4 is 22.8 Å². The summed E-state index contributed by atoms with van der Waals surface area (Å²) in [5.74, 6) is -1.18. The van der Waals surface area contributed by atoms with Gasteiger partial charge in [-0.15, -0.1) is 0 Å². The van der Waals surface area contributed by atoms with Crippen molar-refractivity contribution in [3.63, 3.8) is 0 Å². The number of benzene rings is 1. The van der Waals surface area contributed by atoms with Gasteiger partial charge >= 0.3 is 5.97 Å². The zero-order chi connectivity index (χ0) is 16.3. The van der Waals surface area contributed by atoms with Crippen molar-refractivity contribution < 1.29 is 19.4 Å². The van der Waals surface area contributed by atoms with Gasteiger partial charge in [-0.1, -0.05) is 6.07 Å². The predicted octanol–water partition coefficient (Wildman–Crippen LogP) is 1.20. The van der Waals surface area contributed by atoms with Crippen LogP contribution in [0.1, 0.15) is 23.0 Å². The lowest BCUT2D eigenvalue weighted by Crippen LogP contribution is -2.47. The molecule has 1 amide bonds. The molecule has 1 aromatic heterocycles. The fourth-order valence-electron chi connectivity index (χ4n) is 2.02. The molecule has 1 heterocycles. The van der Waals surface area contributed by atoms with E-state index in [9.17, 15) is 14.7 Å². The summed E-state index contributed by atoms with van der Waals surface area (Å²) in [6.45, 7) is 2.95. The van der Waals surface area contributed by atoms with Crippen molar-refractivity contribution in [1.29, 1.82) is 0 Å². The molecule has 6 nitrogen and oxygen atoms in total. The van der Waals surface area contributed by atoms with E-state index in [0.29, 0.717) is 5.56 Å². The number of methoxy groups -OCH3 is 1. The van der Waals surface area contributed by atoms with E-state index < -0.39 is 11.6 Å². The monoisotopic (exact) mass is 302 g/mol. The fourth-order valence-corrected chi connectivity index (χ4v) is 2.02. The molecule has 2 rings (SSSR count). The number of aliphatic hydroxyl groups is 1. The van der Waals surface area contributed by atoms with Gasteiger partial charge in [-0.3, -0.25) is 9.78 Å². The summed E-state index contributed by atoms with van der Waals surface area (Å²) in [5, 5.41) is 13.2. The van der Waals surface area contributed by atoms with Gasteiger partial charge < -0.3 is 15.2 Å². The van der Waals surface area contributed by atoms with Crippen LogP contribution < -0.4 is 5.32 Å². The molecule has 0 aliphatic heterocycles. The van der Waals surface area contributed by atoms with E-state index >= 15 is 0 Å². The maximum Gasteiger partial charge on any atom is 0.339 e. The number of rotatable bonds is 4. The number of hydrogen-bond donors (Lipinski definition) is 2. The lowest BCUT2D eigenvalue weighted by atomic mass is 10.1. The van der Waals surface area contributed by atoms with Crippen LogP contribution in [0.4, 0.5) is 0 Å². The quantitative estimate of drug-likeness (QED) is 0.828. The van der Waals surface area contributed by atoms with E-state index in [0.717, 1.165) is 16.6 Å². The number of aromatic nitrogens is 1. The van der Waals surface area contributed by atoms with Gasteiger partial charge in [-0.25, -0.2) is 4.79 Å². The summed E-state index contributed by atoms with van der Waals surface area (Å²) in [6.07, 6.45) is 0. The number of hydrogen-bond acceptors (Lipinski definition) is 5. The van der Waals surface area contributed by atoms with E-state index in [1.54, 1.807) is 18.2 Å². The van der Waals surface area contributed by atoms with E-state index in [1.165, 1.54) is 14.0 Å². The maximum atomic E-state index is 12.1. The molecule has 0 radical (unpaired) electrons. The van der Waals surface area contributed by atoms with Gasteiger partial charge in [0.05, 0.1) is 19.2 Å². The number of carbonyl (C=O) groups is 2. The van der Waals surface area contributed by atoms with E-state index in [4.69, 9.17) is 0 Å². The van der Waals surface area contributed by atoms with Crippen molar-refractivity contribution in [2.24, 2.45) is 0 Å². The van der Waals surface area contributed by atoms with Crippen molar-refractivity contribution in [3.8, 4) is 0 Å². The van der Waals surface area contributed by atoms with Crippen LogP contribution in [0.2, 0.25) is 0 Å². The first-order chi connectivity index (χ1) is 10.3. The molecule has 0 spiro atoms. The molecule has 0 saturated heterocycles. The number of aryl methyl sites for hydroxylation is 1. The number of ether oxygens (including phenoxy) is 1. The average molecular weight is 302 g/mol. The first kappa shape index (κ1) is 15.9. The number of fused-ring (bicyclic) bond motifs is 1. The number of nitrogens with zero attached hydrogens (tertiary/aromatic N) is 1. The highest BCUT2D eigenvalue weighted by atomic mass is 16.5. The molecule has 1 atom stereocenters. The molecule has 0 unspecified atom stereocenters. The molecule has 2 N–H and O–H groups in total. The second kappa shape index (κ2) is 6.11. The van der Waals surface area contributed by atoms with E-state index in [-0.39, 0.29) is 12.5 Å². The molecule has 0 aliphatic carbocycles. The lowest BCUT2D eigenvalue weighted by Gasteiger charge is -2.20. The van der Waals surface area contributed by atoms with Gasteiger partial charge in [0, 0.05) is 16.6 Å². The summed E-state index contributed by atoms with van der Waals surface area (Å²) < 4.78 is 4.47. The van der Waals surface area contributed by atoms with Crippen molar-refractivity contribution in [2.75, 3.05) is 13.7 Å². The summed E-state index contributed by atoms with van der Waals surface area (Å²) in [4.78, 5) is 27.8. The largest absolute Gasteiger partial charge is 0.467 e. The number of pyridine rings is 1. The molecule has 0 fully saturated rings. The Kier molecular flexibility index (Phi) is 4.42. The minimum atomic E-state index is -1.76. The highest BCUT2D eigenvalue weighted by molar-refractivity contribution is 5.98. The average Bonchev–Trinajstić information content (AvgIpc) is 2.51. The van der Waals surface area contributed by atoms with E-state index in [2.05, 4.69) is 15.0 Å². The molecule has 0 saturated carbocycles. The molecule has 0 aliphatic rings. The van der Waals surface area contributed by atoms with Crippen LogP contribution in [0.3, 0.4) is 0 Å². The molecular weight excluding hydrogens is 284 g/mol. The smallest absolute Gasteiger partial charge is 0.339 e. The Balaban J connectivity index is 2.13. The lowest BCUT2D eigenvalue weighted by molar-refractivity contribution is -0.159. The SMILES string of the molecule is COC(=O)[C@@](C)(O)CNC(=O)c1ccc2nc(C)ccc2c1. The Morgan fingerprint density at radius 1 is 1.32 bits per heavy atom. The van der Waals surface area contributed by atoms with Gasteiger partial charge in [0.25, 0.3) is 5.91 Å². The highest BCUT2D eigenvalue weighted by Gasteiger charge is 2.31. The fraction of sp³-hybridized carbons (Fsp3) is 0.312. The minimum Gasteiger partial charge on any atom is -0.467 e. The standard InChI is InChI=1S/C16H18N2O4/c1-10-4-5-11-8-12(6-7-13(11)18-10)14(19)17-9-16(2,21)15(20)22-3/h4-8,21H,9H2,1-3H3,(H,17,19)/t16-/m0/s1. The first-order valence-electron chi connectivity index (χ1n) is 6.80. The topological polar surface area (TPSA) is 88.5 Å². The molecular formula is C16H18N2O4. The van der Waals surface area contributed by atoms with Crippen LogP contribution in [0, 0.1) is 6.92 Å². The minimum absolute atomic E-state index is 0.233. The molecule has 0 bridgehead atoms. The van der Waals surface area contributed by atoms with Gasteiger partial charge in [0.2, 0.25) is 0 Å². The molecule has 116 valence electrons. The zero-order valence-electron chi connectivity index (χ0n) is 12.7. The Labute approximate surface area is 128 Å². The van der Waals surface area contributed by atoms with Gasteiger partial charge in [0.1, 0.15) is 0 Å². The van der Waals surface area contributed by atoms with Crippen molar-refractivity contribution in [3.05, 3.63) is 41.6 Å².